The number of nitrogens with zero attached hydrogens (tertiary/aromatic N) is 2. The van der Waals surface area contributed by atoms with Crippen molar-refractivity contribution in [3.63, 3.8) is 0 Å². The Morgan fingerprint density at radius 3 is 2.79 bits per heavy atom. The minimum atomic E-state index is -0.530. The monoisotopic (exact) mass is 422 g/mol. The van der Waals surface area contributed by atoms with Crippen molar-refractivity contribution in [2.45, 2.75) is 16.8 Å². The Morgan fingerprint density at radius 2 is 2.00 bits per heavy atom. The van der Waals surface area contributed by atoms with Gasteiger partial charge in [0.25, 0.3) is 5.91 Å². The molecule has 0 bridgehead atoms. The lowest BCUT2D eigenvalue weighted by Gasteiger charge is -2.36. The zero-order valence-electron chi connectivity index (χ0n) is 12.4. The second kappa shape index (κ2) is 6.10. The van der Waals surface area contributed by atoms with Crippen molar-refractivity contribution >= 4 is 56.8 Å². The number of piperazine rings is 1. The van der Waals surface area contributed by atoms with E-state index in [4.69, 9.17) is 11.6 Å². The van der Waals surface area contributed by atoms with Crippen molar-refractivity contribution in [3.8, 4) is 0 Å². The van der Waals surface area contributed by atoms with Gasteiger partial charge in [-0.2, -0.15) is 0 Å². The fourth-order valence-electron chi connectivity index (χ4n) is 2.95. The van der Waals surface area contributed by atoms with Gasteiger partial charge in [0.1, 0.15) is 6.54 Å². The summed E-state index contributed by atoms with van der Waals surface area (Å²) in [4.78, 5) is 29.6. The van der Waals surface area contributed by atoms with E-state index in [0.717, 1.165) is 20.6 Å². The Kier molecular flexibility index (Phi) is 4.06. The molecule has 2 amide bonds. The highest BCUT2D eigenvalue weighted by molar-refractivity contribution is 9.10. The molecule has 0 aromatic heterocycles. The molecular weight excluding hydrogens is 412 g/mol. The molecule has 7 heteroatoms. The molecule has 2 heterocycles. The summed E-state index contributed by atoms with van der Waals surface area (Å²) in [6, 6.07) is 13.1. The molecule has 2 aliphatic rings. The van der Waals surface area contributed by atoms with Gasteiger partial charge in [-0.05, 0) is 29.8 Å². The van der Waals surface area contributed by atoms with E-state index >= 15 is 0 Å². The van der Waals surface area contributed by atoms with Crippen LogP contribution in [0.1, 0.15) is 5.56 Å². The van der Waals surface area contributed by atoms with E-state index in [1.807, 2.05) is 36.4 Å². The quantitative estimate of drug-likeness (QED) is 0.735. The minimum Gasteiger partial charge on any atom is -0.326 e. The standard InChI is InChI=1S/C17H12BrClN2O2S/c18-11-5-6-13-14(7-11)24-17-16(23)20(9-15(22)21(13)17)8-10-3-1-2-4-12(10)19/h1-7,17H,8-9H2. The molecule has 4 rings (SSSR count). The largest absolute Gasteiger partial charge is 0.326 e. The minimum absolute atomic E-state index is 0.0631. The fraction of sp³-hybridized carbons (Fsp3) is 0.176. The summed E-state index contributed by atoms with van der Waals surface area (Å²) in [6.07, 6.45) is 0. The molecule has 2 aromatic carbocycles. The van der Waals surface area contributed by atoms with Crippen LogP contribution in [0.2, 0.25) is 5.02 Å². The zero-order chi connectivity index (χ0) is 16.8. The van der Waals surface area contributed by atoms with Crippen molar-refractivity contribution in [1.29, 1.82) is 0 Å². The summed E-state index contributed by atoms with van der Waals surface area (Å²) in [7, 11) is 0. The number of rotatable bonds is 2. The normalized spacial score (nSPS) is 19.5. The Morgan fingerprint density at radius 1 is 1.21 bits per heavy atom. The van der Waals surface area contributed by atoms with Crippen LogP contribution in [0.5, 0.6) is 0 Å². The third kappa shape index (κ3) is 2.62. The molecule has 122 valence electrons. The molecule has 0 N–H and O–H groups in total. The van der Waals surface area contributed by atoms with Crippen molar-refractivity contribution < 1.29 is 9.59 Å². The van der Waals surface area contributed by atoms with Crippen LogP contribution in [0.15, 0.2) is 51.8 Å². The molecule has 4 nitrogen and oxygen atoms in total. The van der Waals surface area contributed by atoms with Crippen LogP contribution in [0, 0.1) is 0 Å². The van der Waals surface area contributed by atoms with Gasteiger partial charge in [0, 0.05) is 20.9 Å². The van der Waals surface area contributed by atoms with Gasteiger partial charge in [0.15, 0.2) is 5.37 Å². The van der Waals surface area contributed by atoms with Crippen molar-refractivity contribution in [1.82, 2.24) is 4.90 Å². The maximum absolute atomic E-state index is 12.9. The van der Waals surface area contributed by atoms with Gasteiger partial charge in [-0.3, -0.25) is 14.5 Å². The maximum Gasteiger partial charge on any atom is 0.257 e. The van der Waals surface area contributed by atoms with Crippen LogP contribution in [-0.4, -0.2) is 28.6 Å². The van der Waals surface area contributed by atoms with Crippen LogP contribution in [0.3, 0.4) is 0 Å². The first-order chi connectivity index (χ1) is 11.5. The number of hydrogen-bond acceptors (Lipinski definition) is 3. The Bertz CT molecular complexity index is 860. The van der Waals surface area contributed by atoms with E-state index in [1.54, 1.807) is 15.9 Å². The summed E-state index contributed by atoms with van der Waals surface area (Å²) in [6.45, 7) is 0.409. The second-order valence-electron chi connectivity index (χ2n) is 5.63. The highest BCUT2D eigenvalue weighted by Gasteiger charge is 2.45. The van der Waals surface area contributed by atoms with E-state index in [2.05, 4.69) is 15.9 Å². The Balaban J connectivity index is 1.63. The number of thioether (sulfide) groups is 1. The van der Waals surface area contributed by atoms with Crippen LogP contribution in [0.4, 0.5) is 5.69 Å². The van der Waals surface area contributed by atoms with E-state index < -0.39 is 5.37 Å². The molecule has 1 saturated heterocycles. The SMILES string of the molecule is O=C1C2Sc3cc(Br)ccc3N2C(=O)CN1Cc1ccccc1Cl. The first-order valence-corrected chi connectivity index (χ1v) is 9.40. The summed E-state index contributed by atoms with van der Waals surface area (Å²) in [5, 5.41) is 0.0736. The average Bonchev–Trinajstić information content (AvgIpc) is 2.93. The molecule has 1 atom stereocenters. The highest BCUT2D eigenvalue weighted by atomic mass is 79.9. The summed E-state index contributed by atoms with van der Waals surface area (Å²) < 4.78 is 0.932. The molecule has 0 radical (unpaired) electrons. The maximum atomic E-state index is 12.9. The van der Waals surface area contributed by atoms with Gasteiger partial charge < -0.3 is 4.90 Å². The predicted molar refractivity (Wildman–Crippen MR) is 98.1 cm³/mol. The van der Waals surface area contributed by atoms with Crippen LogP contribution in [0.25, 0.3) is 0 Å². The van der Waals surface area contributed by atoms with Crippen molar-refractivity contribution in [2.75, 3.05) is 11.4 Å². The number of anilines is 1. The molecular formula is C17H12BrClN2O2S. The van der Waals surface area contributed by atoms with Crippen molar-refractivity contribution in [3.05, 3.63) is 57.5 Å². The van der Waals surface area contributed by atoms with Gasteiger partial charge in [0.2, 0.25) is 5.91 Å². The molecule has 1 fully saturated rings. The summed E-state index contributed by atoms with van der Waals surface area (Å²) in [5.74, 6) is -0.132. The van der Waals surface area contributed by atoms with Crippen LogP contribution in [-0.2, 0) is 16.1 Å². The predicted octanol–water partition coefficient (Wildman–Crippen LogP) is 3.91. The van der Waals surface area contributed by atoms with Gasteiger partial charge in [-0.15, -0.1) is 0 Å². The van der Waals surface area contributed by atoms with Crippen LogP contribution >= 0.6 is 39.3 Å². The molecule has 24 heavy (non-hydrogen) atoms. The van der Waals surface area contributed by atoms with E-state index in [9.17, 15) is 9.59 Å². The van der Waals surface area contributed by atoms with E-state index in [1.165, 1.54) is 11.8 Å². The first-order valence-electron chi connectivity index (χ1n) is 7.35. The highest BCUT2D eigenvalue weighted by Crippen LogP contribution is 2.46. The molecule has 0 aliphatic carbocycles. The molecule has 0 spiro atoms. The number of fused-ring (bicyclic) bond motifs is 3. The molecule has 1 unspecified atom stereocenters. The van der Waals surface area contributed by atoms with Crippen molar-refractivity contribution in [2.24, 2.45) is 0 Å². The summed E-state index contributed by atoms with van der Waals surface area (Å²) in [5.41, 5.74) is 1.65. The van der Waals surface area contributed by atoms with Gasteiger partial charge in [-0.25, -0.2) is 0 Å². The van der Waals surface area contributed by atoms with E-state index in [-0.39, 0.29) is 18.4 Å². The third-order valence-electron chi connectivity index (χ3n) is 4.09. The average molecular weight is 424 g/mol. The molecule has 0 saturated carbocycles. The van der Waals surface area contributed by atoms with Gasteiger partial charge in [0.05, 0.1) is 5.69 Å². The Labute approximate surface area is 156 Å². The third-order valence-corrected chi connectivity index (χ3v) is 6.17. The Hall–Kier alpha value is -1.50. The number of amides is 2. The van der Waals surface area contributed by atoms with Gasteiger partial charge in [-0.1, -0.05) is 57.5 Å². The lowest BCUT2D eigenvalue weighted by Crippen LogP contribution is -2.57. The lowest BCUT2D eigenvalue weighted by molar-refractivity contribution is -0.139. The number of carbonyl (C=O) groups excluding carboxylic acids is 2. The fourth-order valence-corrected chi connectivity index (χ4v) is 4.96. The molecule has 2 aromatic rings. The smallest absolute Gasteiger partial charge is 0.257 e. The van der Waals surface area contributed by atoms with Crippen LogP contribution < -0.4 is 4.90 Å². The van der Waals surface area contributed by atoms with E-state index in [0.29, 0.717) is 11.6 Å². The number of benzene rings is 2. The number of hydrogen-bond donors (Lipinski definition) is 0. The summed E-state index contributed by atoms with van der Waals surface area (Å²) >= 11 is 11.0. The number of halogens is 2. The van der Waals surface area contributed by atoms with Gasteiger partial charge >= 0.3 is 0 Å². The second-order valence-corrected chi connectivity index (χ2v) is 8.08. The molecule has 2 aliphatic heterocycles. The zero-order valence-corrected chi connectivity index (χ0v) is 15.6. The lowest BCUT2D eigenvalue weighted by atomic mass is 10.1. The number of carbonyl (C=O) groups is 2. The first kappa shape index (κ1) is 16.0. The topological polar surface area (TPSA) is 40.6 Å².